The van der Waals surface area contributed by atoms with Gasteiger partial charge in [0.25, 0.3) is 0 Å². The molecule has 0 aliphatic carbocycles. The Labute approximate surface area is 134 Å². The van der Waals surface area contributed by atoms with E-state index in [1.807, 2.05) is 48.5 Å². The Morgan fingerprint density at radius 2 is 1.90 bits per heavy atom. The molecule has 21 heavy (non-hydrogen) atoms. The van der Waals surface area contributed by atoms with Gasteiger partial charge in [0.15, 0.2) is 0 Å². The summed E-state index contributed by atoms with van der Waals surface area (Å²) in [5.74, 6) is 1.23. The van der Waals surface area contributed by atoms with Crippen LogP contribution < -0.4 is 5.32 Å². The molecule has 110 valence electrons. The van der Waals surface area contributed by atoms with Crippen LogP contribution in [0.5, 0.6) is 0 Å². The van der Waals surface area contributed by atoms with E-state index in [0.717, 1.165) is 28.4 Å². The average Bonchev–Trinajstić information content (AvgIpc) is 2.48. The van der Waals surface area contributed by atoms with E-state index in [0.29, 0.717) is 5.75 Å². The van der Waals surface area contributed by atoms with E-state index in [4.69, 9.17) is 11.6 Å². The molecule has 0 spiro atoms. The van der Waals surface area contributed by atoms with Gasteiger partial charge in [0, 0.05) is 16.5 Å². The standard InChI is InChI=1S/C17H18ClNOS/c1-2-13-6-8-16(9-7-13)19-17(20)12-21-11-14-4-3-5-15(18)10-14/h3-10H,2,11-12H2,1H3,(H,19,20). The van der Waals surface area contributed by atoms with Crippen LogP contribution in [0.15, 0.2) is 48.5 Å². The van der Waals surface area contributed by atoms with Gasteiger partial charge in [0.05, 0.1) is 5.75 Å². The number of aryl methyl sites for hydroxylation is 1. The van der Waals surface area contributed by atoms with Crippen molar-refractivity contribution in [2.45, 2.75) is 19.1 Å². The van der Waals surface area contributed by atoms with Gasteiger partial charge in [0.2, 0.25) is 5.91 Å². The summed E-state index contributed by atoms with van der Waals surface area (Å²) in [4.78, 5) is 11.9. The number of hydrogen-bond donors (Lipinski definition) is 1. The van der Waals surface area contributed by atoms with Gasteiger partial charge in [-0.2, -0.15) is 0 Å². The minimum absolute atomic E-state index is 0.0197. The third kappa shape index (κ3) is 5.44. The Morgan fingerprint density at radius 3 is 2.57 bits per heavy atom. The summed E-state index contributed by atoms with van der Waals surface area (Å²) >= 11 is 7.51. The molecule has 0 radical (unpaired) electrons. The molecule has 0 heterocycles. The van der Waals surface area contributed by atoms with E-state index in [9.17, 15) is 4.79 Å². The Morgan fingerprint density at radius 1 is 1.14 bits per heavy atom. The number of carbonyl (C=O) groups excluding carboxylic acids is 1. The second-order valence-corrected chi connectivity index (χ2v) is 6.14. The summed E-state index contributed by atoms with van der Waals surface area (Å²) in [5, 5.41) is 3.64. The molecule has 0 fully saturated rings. The first kappa shape index (κ1) is 15.9. The van der Waals surface area contributed by atoms with Crippen LogP contribution in [0, 0.1) is 0 Å². The minimum atomic E-state index is 0.0197. The monoisotopic (exact) mass is 319 g/mol. The van der Waals surface area contributed by atoms with Crippen LogP contribution in [0.3, 0.4) is 0 Å². The first-order valence-corrected chi connectivity index (χ1v) is 8.41. The fourth-order valence-corrected chi connectivity index (χ4v) is 2.90. The molecule has 0 aliphatic rings. The van der Waals surface area contributed by atoms with Crippen LogP contribution in [-0.4, -0.2) is 11.7 Å². The number of rotatable bonds is 6. The number of carbonyl (C=O) groups is 1. The van der Waals surface area contributed by atoms with Crippen molar-refractivity contribution in [1.82, 2.24) is 0 Å². The van der Waals surface area contributed by atoms with Gasteiger partial charge < -0.3 is 5.32 Å². The van der Waals surface area contributed by atoms with Crippen molar-refractivity contribution >= 4 is 35.0 Å². The number of hydrogen-bond acceptors (Lipinski definition) is 2. The number of nitrogens with one attached hydrogen (secondary N) is 1. The molecule has 0 bridgehead atoms. The summed E-state index contributed by atoms with van der Waals surface area (Å²) in [5.41, 5.74) is 3.25. The molecule has 0 saturated carbocycles. The molecule has 0 atom stereocenters. The number of benzene rings is 2. The van der Waals surface area contributed by atoms with Gasteiger partial charge in [-0.1, -0.05) is 42.8 Å². The van der Waals surface area contributed by atoms with Crippen LogP contribution in [0.4, 0.5) is 5.69 Å². The summed E-state index contributed by atoms with van der Waals surface area (Å²) in [6, 6.07) is 15.7. The second-order valence-electron chi connectivity index (χ2n) is 4.72. The van der Waals surface area contributed by atoms with Gasteiger partial charge >= 0.3 is 0 Å². The Hall–Kier alpha value is -1.45. The summed E-state index contributed by atoms with van der Waals surface area (Å²) in [7, 11) is 0. The Kier molecular flexibility index (Phi) is 6.15. The third-order valence-corrected chi connectivity index (χ3v) is 4.28. The van der Waals surface area contributed by atoms with Gasteiger partial charge in [0.1, 0.15) is 0 Å². The van der Waals surface area contributed by atoms with Crippen LogP contribution >= 0.6 is 23.4 Å². The lowest BCUT2D eigenvalue weighted by Crippen LogP contribution is -2.14. The molecule has 0 saturated heterocycles. The second kappa shape index (κ2) is 8.11. The van der Waals surface area contributed by atoms with Crippen LogP contribution in [-0.2, 0) is 17.0 Å². The molecule has 2 aromatic carbocycles. The topological polar surface area (TPSA) is 29.1 Å². The highest BCUT2D eigenvalue weighted by atomic mass is 35.5. The van der Waals surface area contributed by atoms with E-state index in [1.165, 1.54) is 5.56 Å². The Balaban J connectivity index is 1.76. The van der Waals surface area contributed by atoms with Crippen LogP contribution in [0.25, 0.3) is 0 Å². The van der Waals surface area contributed by atoms with Crippen LogP contribution in [0.1, 0.15) is 18.1 Å². The Bertz CT molecular complexity index is 598. The third-order valence-electron chi connectivity index (χ3n) is 3.04. The lowest BCUT2D eigenvalue weighted by molar-refractivity contribution is -0.113. The normalized spacial score (nSPS) is 10.4. The van der Waals surface area contributed by atoms with Crippen molar-refractivity contribution in [3.8, 4) is 0 Å². The van der Waals surface area contributed by atoms with Crippen molar-refractivity contribution in [2.24, 2.45) is 0 Å². The number of thioether (sulfide) groups is 1. The largest absolute Gasteiger partial charge is 0.325 e. The molecular weight excluding hydrogens is 302 g/mol. The highest BCUT2D eigenvalue weighted by molar-refractivity contribution is 7.99. The number of halogens is 1. The maximum atomic E-state index is 11.9. The van der Waals surface area contributed by atoms with E-state index < -0.39 is 0 Å². The highest BCUT2D eigenvalue weighted by Crippen LogP contribution is 2.17. The van der Waals surface area contributed by atoms with Crippen molar-refractivity contribution in [2.75, 3.05) is 11.1 Å². The highest BCUT2D eigenvalue weighted by Gasteiger charge is 2.03. The van der Waals surface area contributed by atoms with E-state index >= 15 is 0 Å². The first-order valence-electron chi connectivity index (χ1n) is 6.88. The van der Waals surface area contributed by atoms with E-state index in [2.05, 4.69) is 12.2 Å². The quantitative estimate of drug-likeness (QED) is 0.830. The SMILES string of the molecule is CCc1ccc(NC(=O)CSCc2cccc(Cl)c2)cc1. The van der Waals surface area contributed by atoms with Crippen molar-refractivity contribution in [1.29, 1.82) is 0 Å². The lowest BCUT2D eigenvalue weighted by Gasteiger charge is -2.06. The fourth-order valence-electron chi connectivity index (χ4n) is 1.91. The van der Waals surface area contributed by atoms with E-state index in [1.54, 1.807) is 11.8 Å². The zero-order chi connectivity index (χ0) is 15.1. The van der Waals surface area contributed by atoms with Gasteiger partial charge in [-0.3, -0.25) is 4.79 Å². The molecule has 2 nitrogen and oxygen atoms in total. The molecule has 0 unspecified atom stereocenters. The van der Waals surface area contributed by atoms with Crippen molar-refractivity contribution in [3.05, 3.63) is 64.7 Å². The molecular formula is C17H18ClNOS. The zero-order valence-corrected chi connectivity index (χ0v) is 13.5. The molecule has 2 aromatic rings. The maximum Gasteiger partial charge on any atom is 0.234 e. The molecule has 4 heteroatoms. The van der Waals surface area contributed by atoms with Crippen LogP contribution in [0.2, 0.25) is 5.02 Å². The van der Waals surface area contributed by atoms with E-state index in [-0.39, 0.29) is 5.91 Å². The minimum Gasteiger partial charge on any atom is -0.325 e. The summed E-state index contributed by atoms with van der Waals surface area (Å²) in [6.45, 7) is 2.11. The first-order chi connectivity index (χ1) is 10.2. The predicted octanol–water partition coefficient (Wildman–Crippen LogP) is 4.77. The lowest BCUT2D eigenvalue weighted by atomic mass is 10.1. The molecule has 1 amide bonds. The zero-order valence-electron chi connectivity index (χ0n) is 11.9. The number of amides is 1. The summed E-state index contributed by atoms with van der Waals surface area (Å²) < 4.78 is 0. The fraction of sp³-hybridized carbons (Fsp3) is 0.235. The van der Waals surface area contributed by atoms with Gasteiger partial charge in [-0.15, -0.1) is 11.8 Å². The molecule has 0 aromatic heterocycles. The summed E-state index contributed by atoms with van der Waals surface area (Å²) in [6.07, 6.45) is 1.00. The van der Waals surface area contributed by atoms with Crippen molar-refractivity contribution in [3.63, 3.8) is 0 Å². The number of anilines is 1. The van der Waals surface area contributed by atoms with Crippen molar-refractivity contribution < 1.29 is 4.79 Å². The molecule has 2 rings (SSSR count). The molecule has 0 aliphatic heterocycles. The maximum absolute atomic E-state index is 11.9. The predicted molar refractivity (Wildman–Crippen MR) is 92.1 cm³/mol. The van der Waals surface area contributed by atoms with Gasteiger partial charge in [-0.25, -0.2) is 0 Å². The van der Waals surface area contributed by atoms with Gasteiger partial charge in [-0.05, 0) is 41.8 Å². The average molecular weight is 320 g/mol. The smallest absolute Gasteiger partial charge is 0.234 e. The molecule has 1 N–H and O–H groups in total.